The van der Waals surface area contributed by atoms with Crippen LogP contribution in [0.1, 0.15) is 37.9 Å². The molecule has 2 aromatic carbocycles. The Kier molecular flexibility index (Phi) is 6.90. The monoisotopic (exact) mass is 587 g/mol. The number of aromatic hydroxyl groups is 1. The van der Waals surface area contributed by atoms with Crippen LogP contribution in [-0.4, -0.2) is 62.2 Å². The number of phenolic OH excluding ortho intramolecular Hbond substituents is 1. The van der Waals surface area contributed by atoms with E-state index >= 15 is 8.78 Å². The fraction of sp³-hybridized carbons (Fsp3) is 0.312. The van der Waals surface area contributed by atoms with Crippen molar-refractivity contribution < 1.29 is 23.4 Å². The van der Waals surface area contributed by atoms with E-state index in [-0.39, 0.29) is 71.3 Å². The highest BCUT2D eigenvalue weighted by atomic mass is 19.1. The van der Waals surface area contributed by atoms with E-state index in [1.165, 1.54) is 18.2 Å². The summed E-state index contributed by atoms with van der Waals surface area (Å²) in [5, 5.41) is 10.6. The Morgan fingerprint density at radius 2 is 1.93 bits per heavy atom. The predicted molar refractivity (Wildman–Crippen MR) is 159 cm³/mol. The second-order valence-corrected chi connectivity index (χ2v) is 11.3. The van der Waals surface area contributed by atoms with E-state index in [2.05, 4.69) is 16.5 Å². The summed E-state index contributed by atoms with van der Waals surface area (Å²) in [6.45, 7) is 11.4. The number of pyridine rings is 1. The molecule has 4 aromatic rings. The summed E-state index contributed by atoms with van der Waals surface area (Å²) in [7, 11) is 0. The summed E-state index contributed by atoms with van der Waals surface area (Å²) in [5.74, 6) is -3.05. The number of piperazine rings is 1. The van der Waals surface area contributed by atoms with Gasteiger partial charge in [-0.25, -0.2) is 13.6 Å². The second-order valence-electron chi connectivity index (χ2n) is 11.3. The minimum Gasteiger partial charge on any atom is -0.507 e. The molecule has 0 aliphatic carbocycles. The summed E-state index contributed by atoms with van der Waals surface area (Å²) in [4.78, 5) is 39.0. The van der Waals surface area contributed by atoms with Gasteiger partial charge in [-0.2, -0.15) is 4.98 Å². The highest BCUT2D eigenvalue weighted by Gasteiger charge is 2.41. The molecule has 2 aliphatic rings. The first-order valence-electron chi connectivity index (χ1n) is 14.1. The largest absolute Gasteiger partial charge is 0.507 e. The van der Waals surface area contributed by atoms with Crippen LogP contribution in [0.3, 0.4) is 0 Å². The van der Waals surface area contributed by atoms with Gasteiger partial charge in [-0.15, -0.1) is 0 Å². The van der Waals surface area contributed by atoms with Gasteiger partial charge in [0.1, 0.15) is 23.7 Å². The Morgan fingerprint density at radius 3 is 2.63 bits per heavy atom. The average molecular weight is 588 g/mol. The van der Waals surface area contributed by atoms with Crippen molar-refractivity contribution >= 4 is 22.6 Å². The van der Waals surface area contributed by atoms with Gasteiger partial charge in [0.2, 0.25) is 5.91 Å². The van der Waals surface area contributed by atoms with Gasteiger partial charge in [0.05, 0.1) is 28.4 Å². The lowest BCUT2D eigenvalue weighted by Gasteiger charge is -2.44. The van der Waals surface area contributed by atoms with E-state index in [0.717, 1.165) is 4.57 Å². The Hall–Kier alpha value is -4.80. The van der Waals surface area contributed by atoms with Crippen LogP contribution < -0.4 is 15.3 Å². The number of benzene rings is 2. The molecule has 4 heterocycles. The molecule has 2 unspecified atom stereocenters. The first-order valence-corrected chi connectivity index (χ1v) is 14.1. The minimum absolute atomic E-state index is 0.00933. The molecule has 1 saturated heterocycles. The Labute approximate surface area is 246 Å². The second kappa shape index (κ2) is 10.5. The lowest BCUT2D eigenvalue weighted by molar-refractivity contribution is -0.129. The molecule has 11 heteroatoms. The van der Waals surface area contributed by atoms with Crippen LogP contribution in [0.25, 0.3) is 27.7 Å². The van der Waals surface area contributed by atoms with Crippen molar-refractivity contribution in [1.29, 1.82) is 0 Å². The van der Waals surface area contributed by atoms with Crippen molar-refractivity contribution in [2.24, 2.45) is 0 Å². The van der Waals surface area contributed by atoms with Crippen LogP contribution >= 0.6 is 0 Å². The molecule has 2 atom stereocenters. The molecule has 222 valence electrons. The molecule has 0 bridgehead atoms. The molecular formula is C32H31F2N5O4. The molecule has 1 amide bonds. The lowest BCUT2D eigenvalue weighted by atomic mass is 9.98. The molecular weight excluding hydrogens is 556 g/mol. The number of ether oxygens (including phenoxy) is 1. The van der Waals surface area contributed by atoms with Crippen LogP contribution in [0.15, 0.2) is 54.0 Å². The van der Waals surface area contributed by atoms with Crippen LogP contribution in [-0.2, 0) is 4.79 Å². The topological polar surface area (TPSA) is 101 Å². The summed E-state index contributed by atoms with van der Waals surface area (Å²) < 4.78 is 40.9. The molecule has 0 radical (unpaired) electrons. The highest BCUT2D eigenvalue weighted by molar-refractivity contribution is 6.01. The SMILES string of the molecule is C=CC(=O)N1CC2COc3c(F)c(-c4ccccc4O)c(F)c4c3c(nc(=O)n4-c3c(C)ccnc3C(C)C)N2CC1C. The van der Waals surface area contributed by atoms with Crippen LogP contribution in [0.5, 0.6) is 11.5 Å². The Morgan fingerprint density at radius 1 is 1.19 bits per heavy atom. The van der Waals surface area contributed by atoms with Crippen molar-refractivity contribution in [3.63, 3.8) is 0 Å². The smallest absolute Gasteiger partial charge is 0.354 e. The van der Waals surface area contributed by atoms with Gasteiger partial charge in [0, 0.05) is 30.9 Å². The van der Waals surface area contributed by atoms with Crippen molar-refractivity contribution in [1.82, 2.24) is 19.4 Å². The van der Waals surface area contributed by atoms with Gasteiger partial charge in [0.15, 0.2) is 17.4 Å². The van der Waals surface area contributed by atoms with Gasteiger partial charge in [-0.05, 0) is 43.5 Å². The quantitative estimate of drug-likeness (QED) is 0.341. The Balaban J connectivity index is 1.75. The predicted octanol–water partition coefficient (Wildman–Crippen LogP) is 4.85. The summed E-state index contributed by atoms with van der Waals surface area (Å²) >= 11 is 0. The standard InChI is InChI=1S/C32H31F2N5O4/c1-6-22(41)37-14-19-15-43-30-24-29(25(33)23(26(30)34)20-9-7-8-10-21(20)40)39(28-17(4)11-12-35-27(28)16(2)3)32(42)36-31(24)38(19)13-18(37)5/h6-12,16,18-19,40H,1,13-15H2,2-5H3. The third-order valence-electron chi connectivity index (χ3n) is 8.24. The maximum atomic E-state index is 17.1. The molecule has 0 spiro atoms. The molecule has 9 nitrogen and oxygen atoms in total. The van der Waals surface area contributed by atoms with E-state index in [1.54, 1.807) is 41.1 Å². The van der Waals surface area contributed by atoms with Gasteiger partial charge in [-0.3, -0.25) is 14.3 Å². The van der Waals surface area contributed by atoms with E-state index in [9.17, 15) is 14.7 Å². The van der Waals surface area contributed by atoms with Crippen molar-refractivity contribution in [2.45, 2.75) is 45.7 Å². The number of carbonyl (C=O) groups excluding carboxylic acids is 1. The number of rotatable bonds is 4. The van der Waals surface area contributed by atoms with E-state index < -0.39 is 28.9 Å². The number of phenols is 1. The van der Waals surface area contributed by atoms with E-state index in [0.29, 0.717) is 16.9 Å². The number of hydrogen-bond acceptors (Lipinski definition) is 7. The normalized spacial score (nSPS) is 17.9. The number of aromatic nitrogens is 3. The number of halogens is 2. The molecule has 1 fully saturated rings. The van der Waals surface area contributed by atoms with E-state index in [1.807, 2.05) is 20.8 Å². The number of nitrogens with zero attached hydrogens (tertiary/aromatic N) is 5. The van der Waals surface area contributed by atoms with Gasteiger partial charge >= 0.3 is 5.69 Å². The zero-order valence-corrected chi connectivity index (χ0v) is 24.3. The third kappa shape index (κ3) is 4.33. The number of anilines is 1. The fourth-order valence-electron chi connectivity index (χ4n) is 6.17. The maximum absolute atomic E-state index is 17.1. The van der Waals surface area contributed by atoms with Crippen LogP contribution in [0, 0.1) is 18.6 Å². The van der Waals surface area contributed by atoms with Crippen molar-refractivity contribution in [2.75, 3.05) is 24.6 Å². The van der Waals surface area contributed by atoms with Crippen LogP contribution in [0.2, 0.25) is 0 Å². The fourth-order valence-corrected chi connectivity index (χ4v) is 6.17. The molecule has 0 saturated carbocycles. The number of para-hydroxylation sites is 1. The summed E-state index contributed by atoms with van der Waals surface area (Å²) in [6.07, 6.45) is 2.84. The highest BCUT2D eigenvalue weighted by Crippen LogP contribution is 2.47. The Bertz CT molecular complexity index is 1870. The number of hydrogen-bond donors (Lipinski definition) is 1. The molecule has 2 aliphatic heterocycles. The summed E-state index contributed by atoms with van der Waals surface area (Å²) in [6, 6.07) is 6.71. The van der Waals surface area contributed by atoms with Crippen molar-refractivity contribution in [3.8, 4) is 28.3 Å². The van der Waals surface area contributed by atoms with Crippen LogP contribution in [0.4, 0.5) is 14.6 Å². The first kappa shape index (κ1) is 28.3. The zero-order chi connectivity index (χ0) is 30.7. The molecule has 43 heavy (non-hydrogen) atoms. The number of amides is 1. The third-order valence-corrected chi connectivity index (χ3v) is 8.24. The van der Waals surface area contributed by atoms with Crippen molar-refractivity contribution in [3.05, 3.63) is 82.6 Å². The zero-order valence-electron chi connectivity index (χ0n) is 24.3. The first-order chi connectivity index (χ1) is 20.5. The number of aryl methyl sites for hydroxylation is 1. The lowest BCUT2D eigenvalue weighted by Crippen LogP contribution is -2.60. The van der Waals surface area contributed by atoms with Gasteiger partial charge in [-0.1, -0.05) is 38.6 Å². The molecule has 6 rings (SSSR count). The summed E-state index contributed by atoms with van der Waals surface area (Å²) in [5.41, 5.74) is -0.122. The minimum atomic E-state index is -1.05. The molecule has 2 aromatic heterocycles. The molecule has 1 N–H and O–H groups in total. The average Bonchev–Trinajstić information content (AvgIpc) is 3.12. The van der Waals surface area contributed by atoms with E-state index in [4.69, 9.17) is 4.74 Å². The number of carbonyl (C=O) groups is 1. The number of fused-ring (bicyclic) bond motifs is 2. The van der Waals surface area contributed by atoms with Gasteiger partial charge < -0.3 is 19.6 Å². The van der Waals surface area contributed by atoms with Gasteiger partial charge in [0.25, 0.3) is 0 Å². The maximum Gasteiger partial charge on any atom is 0.354 e.